The number of hydrogen-bond acceptors (Lipinski definition) is 2. The Morgan fingerprint density at radius 2 is 2.07 bits per heavy atom. The lowest BCUT2D eigenvalue weighted by molar-refractivity contribution is -0.124. The van der Waals surface area contributed by atoms with Gasteiger partial charge in [-0.1, -0.05) is 19.1 Å². The third-order valence-electron chi connectivity index (χ3n) is 2.41. The highest BCUT2D eigenvalue weighted by Gasteiger charge is 2.15. The lowest BCUT2D eigenvalue weighted by Crippen LogP contribution is -2.33. The second-order valence-corrected chi connectivity index (χ2v) is 3.51. The molecule has 0 bridgehead atoms. The molecule has 0 radical (unpaired) electrons. The van der Waals surface area contributed by atoms with E-state index >= 15 is 0 Å². The Bertz CT molecular complexity index is 190. The first-order valence-corrected chi connectivity index (χ1v) is 5.18. The third-order valence-corrected chi connectivity index (χ3v) is 2.41. The number of hydrogen-bond donors (Lipinski definition) is 2. The molecule has 0 heterocycles. The number of nitrogens with one attached hydrogen (secondary N) is 2. The van der Waals surface area contributed by atoms with E-state index < -0.39 is 0 Å². The van der Waals surface area contributed by atoms with Crippen LogP contribution in [0.5, 0.6) is 0 Å². The molecule has 0 fully saturated rings. The Hall–Kier alpha value is -0.830. The van der Waals surface area contributed by atoms with E-state index in [-0.39, 0.29) is 11.8 Å². The van der Waals surface area contributed by atoms with Gasteiger partial charge in [0.25, 0.3) is 0 Å². The van der Waals surface area contributed by atoms with Crippen LogP contribution in [0.15, 0.2) is 12.2 Å². The highest BCUT2D eigenvalue weighted by Crippen LogP contribution is 2.13. The van der Waals surface area contributed by atoms with Gasteiger partial charge in [0.05, 0.1) is 5.92 Å². The second kappa shape index (κ2) is 7.56. The number of rotatable bonds is 7. The predicted octanol–water partition coefficient (Wildman–Crippen LogP) is 1.31. The smallest absolute Gasteiger partial charge is 0.224 e. The van der Waals surface area contributed by atoms with Crippen molar-refractivity contribution in [3.63, 3.8) is 0 Å². The molecular formula is C11H22N2O. The molecule has 0 saturated heterocycles. The van der Waals surface area contributed by atoms with E-state index in [2.05, 4.69) is 24.1 Å². The quantitative estimate of drug-likeness (QED) is 0.606. The van der Waals surface area contributed by atoms with E-state index in [4.69, 9.17) is 0 Å². The molecule has 0 rings (SSSR count). The SMILES string of the molecule is C=C(CC)CCC(CNC)C(=O)NC. The van der Waals surface area contributed by atoms with E-state index in [1.165, 1.54) is 5.57 Å². The molecule has 0 aliphatic heterocycles. The average Bonchev–Trinajstić information content (AvgIpc) is 2.22. The fraction of sp³-hybridized carbons (Fsp3) is 0.727. The number of carbonyl (C=O) groups is 1. The Morgan fingerprint density at radius 1 is 1.43 bits per heavy atom. The highest BCUT2D eigenvalue weighted by atomic mass is 16.1. The Balaban J connectivity index is 3.96. The van der Waals surface area contributed by atoms with Gasteiger partial charge in [-0.15, -0.1) is 0 Å². The molecule has 82 valence electrons. The van der Waals surface area contributed by atoms with E-state index in [1.807, 2.05) is 7.05 Å². The van der Waals surface area contributed by atoms with Gasteiger partial charge >= 0.3 is 0 Å². The van der Waals surface area contributed by atoms with Gasteiger partial charge in [0.15, 0.2) is 0 Å². The zero-order valence-electron chi connectivity index (χ0n) is 9.52. The van der Waals surface area contributed by atoms with Crippen molar-refractivity contribution in [2.75, 3.05) is 20.6 Å². The Kier molecular flexibility index (Phi) is 7.11. The summed E-state index contributed by atoms with van der Waals surface area (Å²) in [5.74, 6) is 0.177. The molecule has 0 aromatic carbocycles. The van der Waals surface area contributed by atoms with Gasteiger partial charge in [0.2, 0.25) is 5.91 Å². The molecule has 3 heteroatoms. The summed E-state index contributed by atoms with van der Waals surface area (Å²) in [4.78, 5) is 11.4. The summed E-state index contributed by atoms with van der Waals surface area (Å²) < 4.78 is 0. The van der Waals surface area contributed by atoms with Crippen LogP contribution in [0.1, 0.15) is 26.2 Å². The summed E-state index contributed by atoms with van der Waals surface area (Å²) in [6.45, 7) is 6.76. The van der Waals surface area contributed by atoms with Gasteiger partial charge in [-0.05, 0) is 26.3 Å². The van der Waals surface area contributed by atoms with Gasteiger partial charge in [-0.2, -0.15) is 0 Å². The molecule has 2 N–H and O–H groups in total. The second-order valence-electron chi connectivity index (χ2n) is 3.51. The Labute approximate surface area is 87.0 Å². The summed E-state index contributed by atoms with van der Waals surface area (Å²) >= 11 is 0. The monoisotopic (exact) mass is 198 g/mol. The van der Waals surface area contributed by atoms with Crippen LogP contribution < -0.4 is 10.6 Å². The summed E-state index contributed by atoms with van der Waals surface area (Å²) in [5, 5.41) is 5.72. The largest absolute Gasteiger partial charge is 0.359 e. The first-order valence-electron chi connectivity index (χ1n) is 5.18. The van der Waals surface area contributed by atoms with Crippen LogP contribution in [0.4, 0.5) is 0 Å². The molecule has 1 amide bonds. The minimum atomic E-state index is 0.0632. The van der Waals surface area contributed by atoms with E-state index in [0.29, 0.717) is 0 Å². The molecular weight excluding hydrogens is 176 g/mol. The maximum Gasteiger partial charge on any atom is 0.224 e. The first-order chi connectivity index (χ1) is 6.65. The van der Waals surface area contributed by atoms with Crippen molar-refractivity contribution in [3.8, 4) is 0 Å². The predicted molar refractivity (Wildman–Crippen MR) is 60.1 cm³/mol. The molecule has 0 aliphatic rings. The van der Waals surface area contributed by atoms with Crippen LogP contribution in [-0.2, 0) is 4.79 Å². The molecule has 1 atom stereocenters. The van der Waals surface area contributed by atoms with Crippen molar-refractivity contribution in [2.24, 2.45) is 5.92 Å². The maximum absolute atomic E-state index is 11.4. The van der Waals surface area contributed by atoms with E-state index in [9.17, 15) is 4.79 Å². The fourth-order valence-corrected chi connectivity index (χ4v) is 1.33. The zero-order valence-corrected chi connectivity index (χ0v) is 9.52. The van der Waals surface area contributed by atoms with Crippen LogP contribution in [0.3, 0.4) is 0 Å². The van der Waals surface area contributed by atoms with Crippen molar-refractivity contribution in [1.29, 1.82) is 0 Å². The molecule has 14 heavy (non-hydrogen) atoms. The van der Waals surface area contributed by atoms with Gasteiger partial charge < -0.3 is 10.6 Å². The average molecular weight is 198 g/mol. The van der Waals surface area contributed by atoms with Crippen LogP contribution >= 0.6 is 0 Å². The molecule has 0 spiro atoms. The van der Waals surface area contributed by atoms with Crippen molar-refractivity contribution in [3.05, 3.63) is 12.2 Å². The number of amides is 1. The molecule has 1 unspecified atom stereocenters. The van der Waals surface area contributed by atoms with Gasteiger partial charge in [-0.3, -0.25) is 4.79 Å². The summed E-state index contributed by atoms with van der Waals surface area (Å²) in [6.07, 6.45) is 2.82. The van der Waals surface area contributed by atoms with Gasteiger partial charge in [0, 0.05) is 13.6 Å². The van der Waals surface area contributed by atoms with Crippen molar-refractivity contribution in [2.45, 2.75) is 26.2 Å². The molecule has 0 saturated carbocycles. The van der Waals surface area contributed by atoms with E-state index in [1.54, 1.807) is 7.05 Å². The summed E-state index contributed by atoms with van der Waals surface area (Å²) in [7, 11) is 3.55. The van der Waals surface area contributed by atoms with Crippen LogP contribution in [0, 0.1) is 5.92 Å². The highest BCUT2D eigenvalue weighted by molar-refractivity contribution is 5.78. The minimum absolute atomic E-state index is 0.0632. The number of allylic oxidation sites excluding steroid dienone is 1. The molecule has 0 aromatic heterocycles. The standard InChI is InChI=1S/C11H22N2O/c1-5-9(2)6-7-10(8-12-3)11(14)13-4/h10,12H,2,5-8H2,1,3-4H3,(H,13,14). The third kappa shape index (κ3) is 5.02. The van der Waals surface area contributed by atoms with Gasteiger partial charge in [0.1, 0.15) is 0 Å². The lowest BCUT2D eigenvalue weighted by atomic mass is 9.98. The van der Waals surface area contributed by atoms with E-state index in [0.717, 1.165) is 25.8 Å². The van der Waals surface area contributed by atoms with Crippen molar-refractivity contribution in [1.82, 2.24) is 10.6 Å². The van der Waals surface area contributed by atoms with Crippen LogP contribution in [0.2, 0.25) is 0 Å². The Morgan fingerprint density at radius 3 is 2.50 bits per heavy atom. The van der Waals surface area contributed by atoms with Crippen molar-refractivity contribution < 1.29 is 4.79 Å². The summed E-state index contributed by atoms with van der Waals surface area (Å²) in [6, 6.07) is 0. The topological polar surface area (TPSA) is 41.1 Å². The number of carbonyl (C=O) groups excluding carboxylic acids is 1. The minimum Gasteiger partial charge on any atom is -0.359 e. The fourth-order valence-electron chi connectivity index (χ4n) is 1.33. The molecule has 0 aromatic rings. The lowest BCUT2D eigenvalue weighted by Gasteiger charge is -2.15. The molecule has 0 aliphatic carbocycles. The maximum atomic E-state index is 11.4. The molecule has 3 nitrogen and oxygen atoms in total. The normalized spacial score (nSPS) is 12.2. The van der Waals surface area contributed by atoms with Crippen LogP contribution in [-0.4, -0.2) is 26.5 Å². The van der Waals surface area contributed by atoms with Crippen molar-refractivity contribution >= 4 is 5.91 Å². The van der Waals surface area contributed by atoms with Gasteiger partial charge in [-0.25, -0.2) is 0 Å². The zero-order chi connectivity index (χ0) is 11.0. The van der Waals surface area contributed by atoms with Crippen LogP contribution in [0.25, 0.3) is 0 Å². The summed E-state index contributed by atoms with van der Waals surface area (Å²) in [5.41, 5.74) is 1.22. The first kappa shape index (κ1) is 13.2.